The van der Waals surface area contributed by atoms with Crippen LogP contribution in [-0.4, -0.2) is 22.2 Å². The average molecular weight is 357 g/mol. The van der Waals surface area contributed by atoms with Gasteiger partial charge in [-0.25, -0.2) is 9.18 Å². The first-order valence-electron chi connectivity index (χ1n) is 6.13. The molecule has 0 unspecified atom stereocenters. The van der Waals surface area contributed by atoms with Crippen molar-refractivity contribution in [1.29, 1.82) is 0 Å². The molecule has 2 rings (SSSR count). The zero-order valence-corrected chi connectivity index (χ0v) is 13.2. The summed E-state index contributed by atoms with van der Waals surface area (Å²) in [5, 5.41) is 7.67. The first-order valence-corrected chi connectivity index (χ1v) is 6.92. The number of carbonyl (C=O) groups is 2. The average Bonchev–Trinajstić information content (AvgIpc) is 2.79. The van der Waals surface area contributed by atoms with E-state index in [0.717, 1.165) is 0 Å². The summed E-state index contributed by atoms with van der Waals surface area (Å²) < 4.78 is 19.0. The van der Waals surface area contributed by atoms with Crippen molar-refractivity contribution < 1.29 is 18.5 Å². The molecule has 0 saturated carbocycles. The molecule has 0 aliphatic rings. The highest BCUT2D eigenvalue weighted by atomic mass is 35.5. The lowest BCUT2D eigenvalue weighted by molar-refractivity contribution is 0.0976. The molecule has 0 fully saturated rings. The molecule has 0 atom stereocenters. The third-order valence-corrected chi connectivity index (χ3v) is 3.27. The molecule has 7 nitrogen and oxygen atoms in total. The molecule has 23 heavy (non-hydrogen) atoms. The molecule has 0 spiro atoms. The molecule has 3 amide bonds. The number of nitrogens with two attached hydrogens (primary N) is 1. The summed E-state index contributed by atoms with van der Waals surface area (Å²) in [7, 11) is 0. The summed E-state index contributed by atoms with van der Waals surface area (Å²) in [5.41, 5.74) is 4.67. The number of carbonyl (C=O) groups excluding carboxylic acids is 2. The summed E-state index contributed by atoms with van der Waals surface area (Å²) >= 11 is 10.7. The monoisotopic (exact) mass is 356 g/mol. The number of halogens is 2. The summed E-state index contributed by atoms with van der Waals surface area (Å²) in [6, 6.07) is 3.10. The van der Waals surface area contributed by atoms with Crippen molar-refractivity contribution in [3.8, 4) is 11.3 Å². The van der Waals surface area contributed by atoms with E-state index in [0.29, 0.717) is 0 Å². The van der Waals surface area contributed by atoms with Gasteiger partial charge >= 0.3 is 6.03 Å². The number of hydrogen-bond acceptors (Lipinski definition) is 5. The second kappa shape index (κ2) is 6.71. The predicted molar refractivity (Wildman–Crippen MR) is 84.4 cm³/mol. The fourth-order valence-electron chi connectivity index (χ4n) is 1.84. The number of nitrogens with one attached hydrogen (secondary N) is 2. The van der Waals surface area contributed by atoms with Crippen molar-refractivity contribution in [2.24, 2.45) is 5.73 Å². The third kappa shape index (κ3) is 3.63. The SMILES string of the molecule is Cc1onc(-c2c(F)cccc2Cl)c1C(=O)NC(=S)NC(N)=O. The third-order valence-electron chi connectivity index (χ3n) is 2.75. The van der Waals surface area contributed by atoms with Crippen molar-refractivity contribution in [3.05, 3.63) is 40.4 Å². The molecule has 2 aromatic rings. The van der Waals surface area contributed by atoms with E-state index < -0.39 is 17.8 Å². The Morgan fingerprint density at radius 2 is 2.09 bits per heavy atom. The van der Waals surface area contributed by atoms with Gasteiger partial charge in [-0.1, -0.05) is 22.8 Å². The zero-order chi connectivity index (χ0) is 17.1. The number of amides is 3. The first kappa shape index (κ1) is 16.8. The van der Waals surface area contributed by atoms with Crippen LogP contribution < -0.4 is 16.4 Å². The van der Waals surface area contributed by atoms with Crippen LogP contribution in [0, 0.1) is 12.7 Å². The summed E-state index contributed by atoms with van der Waals surface area (Å²) in [6.45, 7) is 1.46. The fraction of sp³-hybridized carbons (Fsp3) is 0.0769. The van der Waals surface area contributed by atoms with Crippen molar-refractivity contribution in [2.75, 3.05) is 0 Å². The minimum atomic E-state index is -0.935. The first-order chi connectivity index (χ1) is 10.8. The summed E-state index contributed by atoms with van der Waals surface area (Å²) in [6.07, 6.45) is 0. The predicted octanol–water partition coefficient (Wildman–Crippen LogP) is 2.13. The number of nitrogens with zero attached hydrogens (tertiary/aromatic N) is 1. The van der Waals surface area contributed by atoms with Gasteiger partial charge < -0.3 is 10.3 Å². The van der Waals surface area contributed by atoms with Crippen LogP contribution in [0.4, 0.5) is 9.18 Å². The second-order valence-corrected chi connectivity index (χ2v) is 5.15. The minimum absolute atomic E-state index is 0.0604. The van der Waals surface area contributed by atoms with Crippen molar-refractivity contribution in [2.45, 2.75) is 6.92 Å². The Balaban J connectivity index is 2.41. The van der Waals surface area contributed by atoms with Gasteiger partial charge in [0.15, 0.2) is 5.11 Å². The van der Waals surface area contributed by atoms with Gasteiger partial charge in [0.05, 0.1) is 10.6 Å². The number of primary amides is 1. The maximum atomic E-state index is 14.0. The summed E-state index contributed by atoms with van der Waals surface area (Å²) in [5.74, 6) is -1.30. The second-order valence-electron chi connectivity index (χ2n) is 4.33. The van der Waals surface area contributed by atoms with Gasteiger partial charge in [-0.05, 0) is 31.3 Å². The topological polar surface area (TPSA) is 110 Å². The number of benzene rings is 1. The molecule has 1 heterocycles. The molecule has 0 aliphatic heterocycles. The highest BCUT2D eigenvalue weighted by Crippen LogP contribution is 2.33. The molecule has 1 aromatic carbocycles. The maximum absolute atomic E-state index is 14.0. The Bertz CT molecular complexity index is 788. The Morgan fingerprint density at radius 3 is 2.70 bits per heavy atom. The molecule has 1 aromatic heterocycles. The Labute approximate surface area is 140 Å². The van der Waals surface area contributed by atoms with Crippen LogP contribution in [0.1, 0.15) is 16.1 Å². The molecule has 0 bridgehead atoms. The van der Waals surface area contributed by atoms with Crippen LogP contribution in [-0.2, 0) is 0 Å². The highest BCUT2D eigenvalue weighted by Gasteiger charge is 2.26. The highest BCUT2D eigenvalue weighted by molar-refractivity contribution is 7.80. The molecular weight excluding hydrogens is 347 g/mol. The molecular formula is C13H10ClFN4O3S. The van der Waals surface area contributed by atoms with Crippen LogP contribution in [0.15, 0.2) is 22.7 Å². The van der Waals surface area contributed by atoms with E-state index in [1.54, 1.807) is 0 Å². The molecule has 10 heteroatoms. The van der Waals surface area contributed by atoms with Crippen molar-refractivity contribution in [3.63, 3.8) is 0 Å². The van der Waals surface area contributed by atoms with Crippen molar-refractivity contribution >= 4 is 40.9 Å². The fourth-order valence-corrected chi connectivity index (χ4v) is 2.29. The van der Waals surface area contributed by atoms with Crippen LogP contribution in [0.25, 0.3) is 11.3 Å². The van der Waals surface area contributed by atoms with Crippen LogP contribution >= 0.6 is 23.8 Å². The van der Waals surface area contributed by atoms with Gasteiger partial charge in [0.25, 0.3) is 5.91 Å². The van der Waals surface area contributed by atoms with Crippen LogP contribution in [0.3, 0.4) is 0 Å². The lowest BCUT2D eigenvalue weighted by Crippen LogP contribution is -2.44. The Hall–Kier alpha value is -2.52. The maximum Gasteiger partial charge on any atom is 0.318 e. The lowest BCUT2D eigenvalue weighted by atomic mass is 10.1. The zero-order valence-electron chi connectivity index (χ0n) is 11.6. The number of hydrogen-bond donors (Lipinski definition) is 3. The van der Waals surface area contributed by atoms with E-state index in [1.807, 2.05) is 5.32 Å². The minimum Gasteiger partial charge on any atom is -0.360 e. The van der Waals surface area contributed by atoms with Gasteiger partial charge in [-0.2, -0.15) is 0 Å². The van der Waals surface area contributed by atoms with E-state index in [9.17, 15) is 14.0 Å². The van der Waals surface area contributed by atoms with Gasteiger partial charge in [0, 0.05) is 0 Å². The van der Waals surface area contributed by atoms with E-state index in [1.165, 1.54) is 25.1 Å². The quantitative estimate of drug-likeness (QED) is 0.714. The molecule has 120 valence electrons. The molecule has 0 radical (unpaired) electrons. The molecule has 4 N–H and O–H groups in total. The number of urea groups is 1. The molecule has 0 saturated heterocycles. The van der Waals surface area contributed by atoms with Gasteiger partial charge in [0.2, 0.25) is 0 Å². The van der Waals surface area contributed by atoms with Crippen LogP contribution in [0.2, 0.25) is 5.02 Å². The number of aryl methyl sites for hydroxylation is 1. The van der Waals surface area contributed by atoms with E-state index >= 15 is 0 Å². The normalized spacial score (nSPS) is 10.2. The standard InChI is InChI=1S/C13H10ClFN4O3S/c1-5-8(11(20)17-13(23)18-12(16)21)10(19-22-5)9-6(14)3-2-4-7(9)15/h2-4H,1H3,(H4,16,17,18,20,21,23). The Morgan fingerprint density at radius 1 is 1.39 bits per heavy atom. The van der Waals surface area contributed by atoms with Crippen LogP contribution in [0.5, 0.6) is 0 Å². The number of rotatable bonds is 2. The van der Waals surface area contributed by atoms with E-state index in [2.05, 4.69) is 10.5 Å². The number of thiocarbonyl (C=S) groups is 1. The van der Waals surface area contributed by atoms with E-state index in [4.69, 9.17) is 34.1 Å². The van der Waals surface area contributed by atoms with Gasteiger partial charge in [-0.3, -0.25) is 15.4 Å². The van der Waals surface area contributed by atoms with Gasteiger partial charge in [-0.15, -0.1) is 0 Å². The smallest absolute Gasteiger partial charge is 0.318 e. The summed E-state index contributed by atoms with van der Waals surface area (Å²) in [4.78, 5) is 23.0. The Kier molecular flexibility index (Phi) is 4.92. The number of aromatic nitrogens is 1. The van der Waals surface area contributed by atoms with Crippen molar-refractivity contribution in [1.82, 2.24) is 15.8 Å². The lowest BCUT2D eigenvalue weighted by Gasteiger charge is -2.08. The van der Waals surface area contributed by atoms with Gasteiger partial charge in [0.1, 0.15) is 22.8 Å². The molecule has 0 aliphatic carbocycles. The largest absolute Gasteiger partial charge is 0.360 e. The van der Waals surface area contributed by atoms with E-state index in [-0.39, 0.29) is 32.7 Å².